The smallest absolute Gasteiger partial charge is 0.320 e. The summed E-state index contributed by atoms with van der Waals surface area (Å²) in [6, 6.07) is 1.23. The Balaban J connectivity index is 2.30. The Morgan fingerprint density at radius 2 is 2.05 bits per heavy atom. The Hall–Kier alpha value is -2.15. The third-order valence-electron chi connectivity index (χ3n) is 2.26. The standard InChI is InChI=1S/C12H15ClN6O/c1-12(2,3)19-11(20)18-9-7(13)4-6-5-15-10(14)17-8(6)16-9/h4-5H,1-3H3,(H4,14,15,16,17,18,19,20). The van der Waals surface area contributed by atoms with Crippen LogP contribution in [-0.2, 0) is 0 Å². The van der Waals surface area contributed by atoms with Crippen LogP contribution in [0.4, 0.5) is 16.6 Å². The fourth-order valence-corrected chi connectivity index (χ4v) is 1.72. The highest BCUT2D eigenvalue weighted by Gasteiger charge is 2.15. The lowest BCUT2D eigenvalue weighted by Crippen LogP contribution is -2.43. The minimum Gasteiger partial charge on any atom is -0.368 e. The van der Waals surface area contributed by atoms with Crippen LogP contribution in [0.15, 0.2) is 12.3 Å². The molecule has 0 unspecified atom stereocenters. The molecule has 8 heteroatoms. The number of nitrogens with two attached hydrogens (primary N) is 1. The van der Waals surface area contributed by atoms with E-state index in [0.717, 1.165) is 0 Å². The maximum atomic E-state index is 11.8. The SMILES string of the molecule is CC(C)(C)NC(=O)Nc1nc2nc(N)ncc2cc1Cl. The van der Waals surface area contributed by atoms with Crippen molar-refractivity contribution in [3.8, 4) is 0 Å². The van der Waals surface area contributed by atoms with Crippen molar-refractivity contribution in [1.82, 2.24) is 20.3 Å². The molecule has 106 valence electrons. The van der Waals surface area contributed by atoms with Gasteiger partial charge in [-0.25, -0.2) is 14.8 Å². The average molecular weight is 295 g/mol. The highest BCUT2D eigenvalue weighted by molar-refractivity contribution is 6.34. The van der Waals surface area contributed by atoms with Gasteiger partial charge in [0.2, 0.25) is 5.95 Å². The van der Waals surface area contributed by atoms with Gasteiger partial charge in [-0.1, -0.05) is 11.6 Å². The van der Waals surface area contributed by atoms with Gasteiger partial charge in [0.25, 0.3) is 0 Å². The van der Waals surface area contributed by atoms with E-state index in [1.807, 2.05) is 20.8 Å². The van der Waals surface area contributed by atoms with Crippen molar-refractivity contribution in [2.45, 2.75) is 26.3 Å². The molecule has 0 bridgehead atoms. The van der Waals surface area contributed by atoms with Crippen molar-refractivity contribution >= 4 is 40.4 Å². The van der Waals surface area contributed by atoms with Gasteiger partial charge < -0.3 is 11.1 Å². The van der Waals surface area contributed by atoms with Gasteiger partial charge in [-0.05, 0) is 26.8 Å². The molecular weight excluding hydrogens is 280 g/mol. The van der Waals surface area contributed by atoms with Crippen LogP contribution in [0.5, 0.6) is 0 Å². The number of nitrogens with zero attached hydrogens (tertiary/aromatic N) is 3. The summed E-state index contributed by atoms with van der Waals surface area (Å²) in [6.07, 6.45) is 1.52. The number of carbonyl (C=O) groups excluding carboxylic acids is 1. The Morgan fingerprint density at radius 1 is 1.35 bits per heavy atom. The first kappa shape index (κ1) is 14.3. The molecule has 0 radical (unpaired) electrons. The van der Waals surface area contributed by atoms with Gasteiger partial charge in [0.15, 0.2) is 11.5 Å². The summed E-state index contributed by atoms with van der Waals surface area (Å²) in [5.41, 5.74) is 5.51. The van der Waals surface area contributed by atoms with Crippen molar-refractivity contribution in [2.75, 3.05) is 11.1 Å². The largest absolute Gasteiger partial charge is 0.368 e. The number of rotatable bonds is 1. The van der Waals surface area contributed by atoms with Gasteiger partial charge in [-0.2, -0.15) is 4.98 Å². The highest BCUT2D eigenvalue weighted by Crippen LogP contribution is 2.23. The molecule has 2 aromatic heterocycles. The van der Waals surface area contributed by atoms with E-state index < -0.39 is 6.03 Å². The predicted octanol–water partition coefficient (Wildman–Crippen LogP) is 2.18. The van der Waals surface area contributed by atoms with E-state index >= 15 is 0 Å². The zero-order valence-electron chi connectivity index (χ0n) is 11.4. The molecule has 0 aliphatic heterocycles. The number of anilines is 2. The number of carbonyl (C=O) groups is 1. The molecule has 2 aromatic rings. The number of hydrogen-bond acceptors (Lipinski definition) is 5. The second kappa shape index (κ2) is 5.09. The normalized spacial score (nSPS) is 11.4. The zero-order chi connectivity index (χ0) is 14.9. The molecule has 0 aliphatic carbocycles. The van der Waals surface area contributed by atoms with Gasteiger partial charge >= 0.3 is 6.03 Å². The van der Waals surface area contributed by atoms with Crippen LogP contribution in [0.1, 0.15) is 20.8 Å². The first-order valence-corrected chi connectivity index (χ1v) is 6.30. The number of fused-ring (bicyclic) bond motifs is 1. The van der Waals surface area contributed by atoms with E-state index in [1.165, 1.54) is 6.20 Å². The van der Waals surface area contributed by atoms with Gasteiger partial charge in [0.05, 0.1) is 5.02 Å². The molecule has 0 aromatic carbocycles. The van der Waals surface area contributed by atoms with Crippen LogP contribution >= 0.6 is 11.6 Å². The average Bonchev–Trinajstić information content (AvgIpc) is 2.28. The fraction of sp³-hybridized carbons (Fsp3) is 0.333. The van der Waals surface area contributed by atoms with Crippen LogP contribution in [0.3, 0.4) is 0 Å². The minimum atomic E-state index is -0.395. The van der Waals surface area contributed by atoms with Gasteiger partial charge in [-0.3, -0.25) is 5.32 Å². The Morgan fingerprint density at radius 3 is 2.70 bits per heavy atom. The highest BCUT2D eigenvalue weighted by atomic mass is 35.5. The first-order chi connectivity index (χ1) is 9.24. The first-order valence-electron chi connectivity index (χ1n) is 5.92. The van der Waals surface area contributed by atoms with Gasteiger partial charge in [0, 0.05) is 17.1 Å². The molecular formula is C12H15ClN6O. The summed E-state index contributed by atoms with van der Waals surface area (Å²) in [5, 5.41) is 6.28. The molecule has 2 amide bonds. The molecule has 2 rings (SSSR count). The number of hydrogen-bond donors (Lipinski definition) is 3. The van der Waals surface area contributed by atoms with Crippen molar-refractivity contribution in [3.63, 3.8) is 0 Å². The van der Waals surface area contributed by atoms with Crippen molar-refractivity contribution in [1.29, 1.82) is 0 Å². The molecule has 0 saturated heterocycles. The number of nitrogens with one attached hydrogen (secondary N) is 2. The molecule has 0 fully saturated rings. The van der Waals surface area contributed by atoms with E-state index in [2.05, 4.69) is 25.6 Å². The van der Waals surface area contributed by atoms with Crippen LogP contribution in [0.2, 0.25) is 5.02 Å². The number of halogens is 1. The lowest BCUT2D eigenvalue weighted by Gasteiger charge is -2.20. The van der Waals surface area contributed by atoms with E-state index in [4.69, 9.17) is 17.3 Å². The van der Waals surface area contributed by atoms with Crippen LogP contribution in [-0.4, -0.2) is 26.5 Å². The predicted molar refractivity (Wildman–Crippen MR) is 78.7 cm³/mol. The maximum Gasteiger partial charge on any atom is 0.320 e. The number of aromatic nitrogens is 3. The molecule has 4 N–H and O–H groups in total. The monoisotopic (exact) mass is 294 g/mol. The maximum absolute atomic E-state index is 11.8. The third-order valence-corrected chi connectivity index (χ3v) is 2.55. The molecule has 20 heavy (non-hydrogen) atoms. The second-order valence-electron chi connectivity index (χ2n) is 5.29. The summed E-state index contributed by atoms with van der Waals surface area (Å²) in [5.74, 6) is 0.330. The number of nitrogen functional groups attached to an aromatic ring is 1. The van der Waals surface area contributed by atoms with E-state index in [-0.39, 0.29) is 17.3 Å². The lowest BCUT2D eigenvalue weighted by molar-refractivity contribution is 0.243. The molecule has 0 atom stereocenters. The van der Waals surface area contributed by atoms with Crippen molar-refractivity contribution in [2.24, 2.45) is 0 Å². The number of urea groups is 1. The topological polar surface area (TPSA) is 106 Å². The van der Waals surface area contributed by atoms with Crippen molar-refractivity contribution < 1.29 is 4.79 Å². The quantitative estimate of drug-likeness (QED) is 0.747. The van der Waals surface area contributed by atoms with Crippen molar-refractivity contribution in [3.05, 3.63) is 17.3 Å². The number of pyridine rings is 1. The minimum absolute atomic E-state index is 0.109. The second-order valence-corrected chi connectivity index (χ2v) is 5.70. The summed E-state index contributed by atoms with van der Waals surface area (Å²) in [7, 11) is 0. The Kier molecular flexibility index (Phi) is 3.63. The number of amides is 2. The molecule has 0 aliphatic rings. The van der Waals surface area contributed by atoms with Gasteiger partial charge in [-0.15, -0.1) is 0 Å². The van der Waals surface area contributed by atoms with E-state index in [1.54, 1.807) is 6.07 Å². The lowest BCUT2D eigenvalue weighted by atomic mass is 10.1. The Bertz CT molecular complexity index is 667. The summed E-state index contributed by atoms with van der Waals surface area (Å²) in [6.45, 7) is 5.61. The summed E-state index contributed by atoms with van der Waals surface area (Å²) >= 11 is 6.07. The van der Waals surface area contributed by atoms with E-state index in [9.17, 15) is 4.79 Å². The molecule has 0 spiro atoms. The van der Waals surface area contributed by atoms with Crippen LogP contribution < -0.4 is 16.4 Å². The third kappa shape index (κ3) is 3.45. The Labute approximate surface area is 121 Å². The summed E-state index contributed by atoms with van der Waals surface area (Å²) < 4.78 is 0. The van der Waals surface area contributed by atoms with Crippen LogP contribution in [0.25, 0.3) is 11.0 Å². The molecule has 7 nitrogen and oxygen atoms in total. The fourth-order valence-electron chi connectivity index (χ4n) is 1.52. The molecule has 2 heterocycles. The molecule has 0 saturated carbocycles. The zero-order valence-corrected chi connectivity index (χ0v) is 12.1. The summed E-state index contributed by atoms with van der Waals surface area (Å²) in [4.78, 5) is 23.8. The van der Waals surface area contributed by atoms with E-state index in [0.29, 0.717) is 16.1 Å². The van der Waals surface area contributed by atoms with Crippen LogP contribution in [0, 0.1) is 0 Å². The van der Waals surface area contributed by atoms with Gasteiger partial charge in [0.1, 0.15) is 0 Å².